The molecule has 8 heteroatoms. The smallest absolute Gasteiger partial charge is 0.326 e. The van der Waals surface area contributed by atoms with E-state index in [9.17, 15) is 14.4 Å². The molecular weight excluding hydrogens is 348 g/mol. The lowest BCUT2D eigenvalue weighted by atomic mass is 10.2. The maximum Gasteiger partial charge on any atom is 0.326 e. The fourth-order valence-electron chi connectivity index (χ4n) is 2.49. The van der Waals surface area contributed by atoms with Gasteiger partial charge >= 0.3 is 5.97 Å². The molecule has 136 valence electrons. The van der Waals surface area contributed by atoms with Gasteiger partial charge in [0, 0.05) is 18.7 Å². The highest BCUT2D eigenvalue weighted by Crippen LogP contribution is 2.27. The maximum atomic E-state index is 11.9. The van der Waals surface area contributed by atoms with Crippen LogP contribution in [0.2, 0.25) is 5.02 Å². The molecule has 1 heterocycles. The van der Waals surface area contributed by atoms with Gasteiger partial charge in [-0.25, -0.2) is 0 Å². The van der Waals surface area contributed by atoms with Crippen molar-refractivity contribution in [3.05, 3.63) is 23.2 Å². The van der Waals surface area contributed by atoms with E-state index in [1.165, 1.54) is 18.1 Å². The lowest BCUT2D eigenvalue weighted by Gasteiger charge is -2.19. The molecule has 0 spiro atoms. The molecule has 0 aromatic heterocycles. The number of halogens is 1. The van der Waals surface area contributed by atoms with Crippen LogP contribution in [0, 0.1) is 0 Å². The first-order chi connectivity index (χ1) is 12.0. The van der Waals surface area contributed by atoms with Crippen LogP contribution in [0.25, 0.3) is 0 Å². The Hall–Kier alpha value is -2.28. The first-order valence-electron chi connectivity index (χ1n) is 8.06. The van der Waals surface area contributed by atoms with Crippen LogP contribution in [0.15, 0.2) is 18.2 Å². The Kier molecular flexibility index (Phi) is 7.06. The predicted molar refractivity (Wildman–Crippen MR) is 92.6 cm³/mol. The molecule has 1 fully saturated rings. The minimum atomic E-state index is -0.599. The van der Waals surface area contributed by atoms with Crippen molar-refractivity contribution in [2.45, 2.75) is 25.7 Å². The number of hydrogen-bond acceptors (Lipinski definition) is 5. The highest BCUT2D eigenvalue weighted by Gasteiger charge is 2.20. The van der Waals surface area contributed by atoms with Crippen molar-refractivity contribution in [3.63, 3.8) is 0 Å². The number of hydrogen-bond donors (Lipinski definition) is 1. The van der Waals surface area contributed by atoms with Gasteiger partial charge in [-0.3, -0.25) is 14.4 Å². The van der Waals surface area contributed by atoms with Crippen molar-refractivity contribution < 1.29 is 23.9 Å². The number of benzene rings is 1. The Balaban J connectivity index is 1.78. The van der Waals surface area contributed by atoms with Crippen LogP contribution in [0.4, 0.5) is 5.69 Å². The van der Waals surface area contributed by atoms with Crippen molar-refractivity contribution in [3.8, 4) is 5.75 Å². The molecule has 1 aromatic carbocycles. The zero-order chi connectivity index (χ0) is 18.2. The molecule has 2 rings (SSSR count). The molecular formula is C17H21ClN2O5. The lowest BCUT2D eigenvalue weighted by molar-refractivity contribution is -0.151. The van der Waals surface area contributed by atoms with Crippen LogP contribution in [-0.2, 0) is 19.1 Å². The summed E-state index contributed by atoms with van der Waals surface area (Å²) in [5.74, 6) is -0.644. The van der Waals surface area contributed by atoms with Crippen molar-refractivity contribution in [2.75, 3.05) is 32.1 Å². The number of likely N-dealkylation sites (tertiary alicyclic amines) is 1. The summed E-state index contributed by atoms with van der Waals surface area (Å²) in [7, 11) is 1.49. The molecule has 25 heavy (non-hydrogen) atoms. The van der Waals surface area contributed by atoms with Gasteiger partial charge in [-0.1, -0.05) is 18.0 Å². The fourth-order valence-corrected chi connectivity index (χ4v) is 2.75. The number of rotatable bonds is 6. The van der Waals surface area contributed by atoms with Crippen molar-refractivity contribution in [2.24, 2.45) is 0 Å². The topological polar surface area (TPSA) is 84.9 Å². The number of nitrogens with one attached hydrogen (secondary N) is 1. The van der Waals surface area contributed by atoms with Gasteiger partial charge in [-0.15, -0.1) is 0 Å². The molecule has 1 aromatic rings. The number of amides is 2. The first-order valence-corrected chi connectivity index (χ1v) is 8.44. The van der Waals surface area contributed by atoms with Crippen molar-refractivity contribution in [1.82, 2.24) is 4.90 Å². The summed E-state index contributed by atoms with van der Waals surface area (Å²) >= 11 is 5.98. The second-order valence-electron chi connectivity index (χ2n) is 5.68. The van der Waals surface area contributed by atoms with Gasteiger partial charge in [0.25, 0.3) is 5.91 Å². The Labute approximate surface area is 151 Å². The van der Waals surface area contributed by atoms with Crippen LogP contribution in [0.5, 0.6) is 5.75 Å². The number of anilines is 1. The van der Waals surface area contributed by atoms with Gasteiger partial charge in [0.1, 0.15) is 12.3 Å². The molecule has 0 bridgehead atoms. The van der Waals surface area contributed by atoms with Gasteiger partial charge in [0.15, 0.2) is 6.61 Å². The molecule has 7 nitrogen and oxygen atoms in total. The third-order valence-electron chi connectivity index (χ3n) is 3.79. The largest absolute Gasteiger partial charge is 0.495 e. The zero-order valence-electron chi connectivity index (χ0n) is 14.0. The molecule has 2 amide bonds. The van der Waals surface area contributed by atoms with Crippen LogP contribution >= 0.6 is 11.6 Å². The normalized spacial score (nSPS) is 14.6. The van der Waals surface area contributed by atoms with Gasteiger partial charge < -0.3 is 19.7 Å². The number of nitrogens with zero attached hydrogens (tertiary/aromatic N) is 1. The minimum Gasteiger partial charge on any atom is -0.495 e. The van der Waals surface area contributed by atoms with E-state index in [1.54, 1.807) is 12.1 Å². The van der Waals surface area contributed by atoms with E-state index in [0.29, 0.717) is 29.4 Å². The molecule has 1 saturated heterocycles. The van der Waals surface area contributed by atoms with E-state index in [0.717, 1.165) is 19.3 Å². The second-order valence-corrected chi connectivity index (χ2v) is 6.09. The van der Waals surface area contributed by atoms with Crippen LogP contribution in [-0.4, -0.2) is 49.5 Å². The molecule has 1 N–H and O–H groups in total. The predicted octanol–water partition coefficient (Wildman–Crippen LogP) is 2.23. The lowest BCUT2D eigenvalue weighted by Crippen LogP contribution is -2.36. The highest BCUT2D eigenvalue weighted by atomic mass is 35.5. The Morgan fingerprint density at radius 2 is 2.08 bits per heavy atom. The molecule has 0 atom stereocenters. The summed E-state index contributed by atoms with van der Waals surface area (Å²) in [5.41, 5.74) is 0.467. The second kappa shape index (κ2) is 9.27. The molecule has 0 unspecified atom stereocenters. The van der Waals surface area contributed by atoms with Gasteiger partial charge in [-0.2, -0.15) is 0 Å². The fraction of sp³-hybridized carbons (Fsp3) is 0.471. The summed E-state index contributed by atoms with van der Waals surface area (Å²) in [6.07, 6.45) is 3.14. The quantitative estimate of drug-likeness (QED) is 0.778. The van der Waals surface area contributed by atoms with Gasteiger partial charge in [0.05, 0.1) is 12.1 Å². The van der Waals surface area contributed by atoms with E-state index in [-0.39, 0.29) is 12.5 Å². The summed E-state index contributed by atoms with van der Waals surface area (Å²) in [6, 6.07) is 4.78. The Morgan fingerprint density at radius 1 is 1.28 bits per heavy atom. The van der Waals surface area contributed by atoms with E-state index in [4.69, 9.17) is 21.1 Å². The van der Waals surface area contributed by atoms with E-state index in [2.05, 4.69) is 5.32 Å². The standard InChI is InChI=1S/C17H21ClN2O5/c1-24-14-7-6-12(9-13(14)18)19-15(21)11-25-17(23)10-20-8-4-2-3-5-16(20)22/h6-7,9H,2-5,8,10-11H2,1H3,(H,19,21). The highest BCUT2D eigenvalue weighted by molar-refractivity contribution is 6.32. The third-order valence-corrected chi connectivity index (χ3v) is 4.09. The number of carbonyl (C=O) groups excluding carboxylic acids is 3. The van der Waals surface area contributed by atoms with Gasteiger partial charge in [0.2, 0.25) is 5.91 Å². The van der Waals surface area contributed by atoms with E-state index >= 15 is 0 Å². The number of ether oxygens (including phenoxy) is 2. The van der Waals surface area contributed by atoms with Crippen molar-refractivity contribution >= 4 is 35.1 Å². The molecule has 0 aliphatic carbocycles. The monoisotopic (exact) mass is 368 g/mol. The van der Waals surface area contributed by atoms with Gasteiger partial charge in [-0.05, 0) is 31.0 Å². The first kappa shape index (κ1) is 19.1. The average Bonchev–Trinajstić information content (AvgIpc) is 2.78. The average molecular weight is 369 g/mol. The van der Waals surface area contributed by atoms with E-state index in [1.807, 2.05) is 0 Å². The number of methoxy groups -OCH3 is 1. The Morgan fingerprint density at radius 3 is 2.80 bits per heavy atom. The van der Waals surface area contributed by atoms with Crippen molar-refractivity contribution in [1.29, 1.82) is 0 Å². The van der Waals surface area contributed by atoms with Crippen LogP contribution in [0.1, 0.15) is 25.7 Å². The maximum absolute atomic E-state index is 11.9. The molecule has 1 aliphatic heterocycles. The SMILES string of the molecule is COc1ccc(NC(=O)COC(=O)CN2CCCCCC2=O)cc1Cl. The number of carbonyl (C=O) groups is 3. The summed E-state index contributed by atoms with van der Waals surface area (Å²) < 4.78 is 9.97. The molecule has 0 saturated carbocycles. The third kappa shape index (κ3) is 5.94. The summed E-state index contributed by atoms with van der Waals surface area (Å²) in [4.78, 5) is 37.0. The summed E-state index contributed by atoms with van der Waals surface area (Å²) in [6.45, 7) is -0.00450. The summed E-state index contributed by atoms with van der Waals surface area (Å²) in [5, 5.41) is 2.93. The van der Waals surface area contributed by atoms with Crippen LogP contribution in [0.3, 0.4) is 0 Å². The molecule has 1 aliphatic rings. The number of esters is 1. The molecule has 0 radical (unpaired) electrons. The minimum absolute atomic E-state index is 0.0493. The zero-order valence-corrected chi connectivity index (χ0v) is 14.8. The van der Waals surface area contributed by atoms with Crippen LogP contribution < -0.4 is 10.1 Å². The van der Waals surface area contributed by atoms with E-state index < -0.39 is 18.5 Å². The Bertz CT molecular complexity index is 650.